The molecule has 0 saturated carbocycles. The first-order valence-corrected chi connectivity index (χ1v) is 5.45. The van der Waals surface area contributed by atoms with Crippen molar-refractivity contribution in [3.05, 3.63) is 64.2 Å². The molecule has 106 valence electrons. The summed E-state index contributed by atoms with van der Waals surface area (Å²) < 4.78 is 66.1. The van der Waals surface area contributed by atoms with Crippen LogP contribution in [0.3, 0.4) is 0 Å². The zero-order chi connectivity index (χ0) is 15.0. The Balaban J connectivity index is 2.64. The van der Waals surface area contributed by atoms with Crippen molar-refractivity contribution in [1.82, 2.24) is 4.98 Å². The summed E-state index contributed by atoms with van der Waals surface area (Å²) in [6.07, 6.45) is 0.483. The highest BCUT2D eigenvalue weighted by atomic mass is 19.2. The Kier molecular flexibility index (Phi) is 3.71. The van der Waals surface area contributed by atoms with E-state index in [1.54, 1.807) is 6.92 Å². The second kappa shape index (κ2) is 5.16. The molecule has 7 heteroatoms. The lowest BCUT2D eigenvalue weighted by atomic mass is 10.0. The minimum Gasteiger partial charge on any atom is -0.383 e. The molecule has 2 nitrogen and oxygen atoms in total. The molecule has 0 bridgehead atoms. The Morgan fingerprint density at radius 1 is 0.900 bits per heavy atom. The molecule has 2 rings (SSSR count). The van der Waals surface area contributed by atoms with Crippen LogP contribution < -0.4 is 0 Å². The summed E-state index contributed by atoms with van der Waals surface area (Å²) in [4.78, 5) is 3.69. The molecule has 1 aromatic carbocycles. The highest BCUT2D eigenvalue weighted by molar-refractivity contribution is 5.33. The molecule has 1 unspecified atom stereocenters. The van der Waals surface area contributed by atoms with Crippen LogP contribution in [0.25, 0.3) is 0 Å². The SMILES string of the molecule is Cc1cncc(C(O)c2c(F)c(F)c(F)c(F)c2F)c1. The Morgan fingerprint density at radius 2 is 1.40 bits per heavy atom. The highest BCUT2D eigenvalue weighted by Gasteiger charge is 2.30. The number of benzene rings is 1. The summed E-state index contributed by atoms with van der Waals surface area (Å²) >= 11 is 0. The van der Waals surface area contributed by atoms with Crippen molar-refractivity contribution in [3.63, 3.8) is 0 Å². The molecule has 0 aliphatic carbocycles. The maximum atomic E-state index is 13.5. The van der Waals surface area contributed by atoms with Gasteiger partial charge in [-0.1, -0.05) is 6.07 Å². The van der Waals surface area contributed by atoms with E-state index in [-0.39, 0.29) is 5.56 Å². The summed E-state index contributed by atoms with van der Waals surface area (Å²) in [5, 5.41) is 9.84. The summed E-state index contributed by atoms with van der Waals surface area (Å²) in [7, 11) is 0. The van der Waals surface area contributed by atoms with Crippen LogP contribution >= 0.6 is 0 Å². The fourth-order valence-corrected chi connectivity index (χ4v) is 1.76. The predicted molar refractivity (Wildman–Crippen MR) is 59.3 cm³/mol. The van der Waals surface area contributed by atoms with E-state index >= 15 is 0 Å². The minimum atomic E-state index is -2.27. The summed E-state index contributed by atoms with van der Waals surface area (Å²) in [6.45, 7) is 1.60. The fourth-order valence-electron chi connectivity index (χ4n) is 1.76. The molecule has 0 aliphatic rings. The van der Waals surface area contributed by atoms with E-state index in [1.165, 1.54) is 12.3 Å². The normalized spacial score (nSPS) is 12.6. The molecule has 20 heavy (non-hydrogen) atoms. The lowest BCUT2D eigenvalue weighted by molar-refractivity contribution is 0.202. The minimum absolute atomic E-state index is 0.0757. The van der Waals surface area contributed by atoms with E-state index in [1.807, 2.05) is 0 Å². The number of hydrogen-bond acceptors (Lipinski definition) is 2. The first-order chi connectivity index (χ1) is 9.34. The van der Waals surface area contributed by atoms with Crippen molar-refractivity contribution in [2.24, 2.45) is 0 Å². The number of halogens is 5. The van der Waals surface area contributed by atoms with Gasteiger partial charge in [-0.2, -0.15) is 0 Å². The lowest BCUT2D eigenvalue weighted by Crippen LogP contribution is -2.12. The number of aryl methyl sites for hydroxylation is 1. The van der Waals surface area contributed by atoms with Gasteiger partial charge in [0.25, 0.3) is 0 Å². The maximum absolute atomic E-state index is 13.5. The standard InChI is InChI=1S/C13H8F5NO/c1-5-2-6(4-19-3-5)13(20)7-8(14)10(16)12(18)11(17)9(7)15/h2-4,13,20H,1H3. The van der Waals surface area contributed by atoms with E-state index in [2.05, 4.69) is 4.98 Å². The van der Waals surface area contributed by atoms with E-state index in [0.29, 0.717) is 5.56 Å². The van der Waals surface area contributed by atoms with Crippen molar-refractivity contribution in [2.45, 2.75) is 13.0 Å². The Hall–Kier alpha value is -2.02. The Bertz CT molecular complexity index is 645. The van der Waals surface area contributed by atoms with Crippen molar-refractivity contribution >= 4 is 0 Å². The van der Waals surface area contributed by atoms with Crippen LogP contribution in [0.1, 0.15) is 22.8 Å². The van der Waals surface area contributed by atoms with Gasteiger partial charge in [0.2, 0.25) is 5.82 Å². The summed E-state index contributed by atoms with van der Waals surface area (Å²) in [6, 6.07) is 1.33. The molecular formula is C13H8F5NO. The van der Waals surface area contributed by atoms with E-state index < -0.39 is 40.8 Å². The lowest BCUT2D eigenvalue weighted by Gasteiger charge is -2.14. The number of aromatic nitrogens is 1. The van der Waals surface area contributed by atoms with Crippen LogP contribution in [0.4, 0.5) is 22.0 Å². The first-order valence-electron chi connectivity index (χ1n) is 5.45. The fraction of sp³-hybridized carbons (Fsp3) is 0.154. The third kappa shape index (κ3) is 2.24. The molecule has 1 heterocycles. The van der Waals surface area contributed by atoms with Gasteiger partial charge in [-0.3, -0.25) is 4.98 Å². The molecule has 2 aromatic rings. The second-order valence-electron chi connectivity index (χ2n) is 4.18. The van der Waals surface area contributed by atoms with Gasteiger partial charge in [0.05, 0.1) is 5.56 Å². The summed E-state index contributed by atoms with van der Waals surface area (Å²) in [5.74, 6) is -10.6. The van der Waals surface area contributed by atoms with Crippen molar-refractivity contribution < 1.29 is 27.1 Å². The number of pyridine rings is 1. The first kappa shape index (κ1) is 14.4. The number of aliphatic hydroxyl groups is 1. The topological polar surface area (TPSA) is 33.1 Å². The Morgan fingerprint density at radius 3 is 1.90 bits per heavy atom. The molecule has 1 atom stereocenters. The number of nitrogens with zero attached hydrogens (tertiary/aromatic N) is 1. The molecule has 0 amide bonds. The average Bonchev–Trinajstić information content (AvgIpc) is 2.43. The summed E-state index contributed by atoms with van der Waals surface area (Å²) in [5.41, 5.74) is -0.813. The van der Waals surface area contributed by atoms with Crippen molar-refractivity contribution in [3.8, 4) is 0 Å². The largest absolute Gasteiger partial charge is 0.383 e. The molecule has 0 radical (unpaired) electrons. The van der Waals surface area contributed by atoms with Crippen LogP contribution in [0, 0.1) is 36.0 Å². The predicted octanol–water partition coefficient (Wildman–Crippen LogP) is 3.17. The molecule has 0 saturated heterocycles. The third-order valence-corrected chi connectivity index (χ3v) is 2.73. The monoisotopic (exact) mass is 289 g/mol. The van der Waals surface area contributed by atoms with Gasteiger partial charge in [0.1, 0.15) is 6.10 Å². The van der Waals surface area contributed by atoms with E-state index in [0.717, 1.165) is 6.20 Å². The van der Waals surface area contributed by atoms with Crippen LogP contribution in [0.5, 0.6) is 0 Å². The molecule has 1 aromatic heterocycles. The van der Waals surface area contributed by atoms with Gasteiger partial charge in [0, 0.05) is 18.0 Å². The number of hydrogen-bond donors (Lipinski definition) is 1. The molecule has 1 N–H and O–H groups in total. The zero-order valence-electron chi connectivity index (χ0n) is 10.1. The van der Waals surface area contributed by atoms with E-state index in [9.17, 15) is 27.1 Å². The van der Waals surface area contributed by atoms with Gasteiger partial charge < -0.3 is 5.11 Å². The van der Waals surface area contributed by atoms with Gasteiger partial charge in [-0.25, -0.2) is 22.0 Å². The van der Waals surface area contributed by atoms with Gasteiger partial charge in [-0.05, 0) is 12.5 Å². The van der Waals surface area contributed by atoms with Crippen molar-refractivity contribution in [1.29, 1.82) is 0 Å². The molecule has 0 spiro atoms. The van der Waals surface area contributed by atoms with Crippen LogP contribution in [0.15, 0.2) is 18.5 Å². The van der Waals surface area contributed by atoms with Gasteiger partial charge in [-0.15, -0.1) is 0 Å². The van der Waals surface area contributed by atoms with E-state index in [4.69, 9.17) is 0 Å². The molecule has 0 aliphatic heterocycles. The maximum Gasteiger partial charge on any atom is 0.200 e. The Labute approximate surface area is 110 Å². The highest BCUT2D eigenvalue weighted by Crippen LogP contribution is 2.31. The van der Waals surface area contributed by atoms with Crippen molar-refractivity contribution in [2.75, 3.05) is 0 Å². The van der Waals surface area contributed by atoms with Crippen LogP contribution in [-0.4, -0.2) is 10.1 Å². The molecule has 0 fully saturated rings. The zero-order valence-corrected chi connectivity index (χ0v) is 10.1. The van der Waals surface area contributed by atoms with Crippen LogP contribution in [-0.2, 0) is 0 Å². The van der Waals surface area contributed by atoms with Crippen LogP contribution in [0.2, 0.25) is 0 Å². The number of aliphatic hydroxyl groups excluding tert-OH is 1. The molecular weight excluding hydrogens is 281 g/mol. The van der Waals surface area contributed by atoms with Gasteiger partial charge >= 0.3 is 0 Å². The average molecular weight is 289 g/mol. The number of rotatable bonds is 2. The van der Waals surface area contributed by atoms with Gasteiger partial charge in [0.15, 0.2) is 23.3 Å². The third-order valence-electron chi connectivity index (χ3n) is 2.73. The quantitative estimate of drug-likeness (QED) is 0.523. The second-order valence-corrected chi connectivity index (χ2v) is 4.18. The smallest absolute Gasteiger partial charge is 0.200 e.